The van der Waals surface area contributed by atoms with E-state index in [9.17, 15) is 18.0 Å². The van der Waals surface area contributed by atoms with Crippen molar-refractivity contribution in [2.75, 3.05) is 18.0 Å². The van der Waals surface area contributed by atoms with Gasteiger partial charge in [-0.05, 0) is 38.0 Å². The average Bonchev–Trinajstić information content (AvgIpc) is 3.01. The van der Waals surface area contributed by atoms with Crippen molar-refractivity contribution in [2.45, 2.75) is 32.0 Å². The van der Waals surface area contributed by atoms with Gasteiger partial charge in [-0.15, -0.1) is 11.3 Å². The van der Waals surface area contributed by atoms with E-state index in [0.29, 0.717) is 36.6 Å². The van der Waals surface area contributed by atoms with Gasteiger partial charge in [0.05, 0.1) is 15.5 Å². The van der Waals surface area contributed by atoms with E-state index in [1.54, 1.807) is 6.07 Å². The van der Waals surface area contributed by atoms with E-state index in [-0.39, 0.29) is 17.0 Å². The molecule has 26 heavy (non-hydrogen) atoms. The molecule has 0 aliphatic carbocycles. The van der Waals surface area contributed by atoms with Crippen molar-refractivity contribution in [3.05, 3.63) is 44.7 Å². The molecule has 1 amide bonds. The standard InChI is InChI=1S/C17H17ClF3N3OS/c1-10-2-3-14(26-10)16(25)23-12-4-6-24(7-5-12)15-13(18)8-11(9-22-15)17(19,20)21/h2-3,8-9,12H,4-7H2,1H3,(H,23,25). The Hall–Kier alpha value is -1.80. The van der Waals surface area contributed by atoms with Crippen molar-refractivity contribution in [1.82, 2.24) is 10.3 Å². The number of aromatic nitrogens is 1. The van der Waals surface area contributed by atoms with Crippen LogP contribution in [0.15, 0.2) is 24.4 Å². The summed E-state index contributed by atoms with van der Waals surface area (Å²) in [6, 6.07) is 4.63. The third kappa shape index (κ3) is 4.29. The van der Waals surface area contributed by atoms with Gasteiger partial charge in [0.2, 0.25) is 0 Å². The second kappa shape index (κ2) is 7.44. The molecule has 140 valence electrons. The number of rotatable bonds is 3. The van der Waals surface area contributed by atoms with Gasteiger partial charge in [0, 0.05) is 30.2 Å². The molecule has 3 heterocycles. The molecule has 0 radical (unpaired) electrons. The molecule has 1 fully saturated rings. The van der Waals surface area contributed by atoms with Crippen LogP contribution in [-0.2, 0) is 6.18 Å². The van der Waals surface area contributed by atoms with Crippen molar-refractivity contribution in [3.63, 3.8) is 0 Å². The number of nitrogens with one attached hydrogen (secondary N) is 1. The first-order chi connectivity index (χ1) is 12.2. The lowest BCUT2D eigenvalue weighted by molar-refractivity contribution is -0.137. The van der Waals surface area contributed by atoms with Crippen LogP contribution in [0.5, 0.6) is 0 Å². The van der Waals surface area contributed by atoms with Crippen molar-refractivity contribution in [1.29, 1.82) is 0 Å². The van der Waals surface area contributed by atoms with Crippen molar-refractivity contribution >= 4 is 34.7 Å². The molecule has 9 heteroatoms. The highest BCUT2D eigenvalue weighted by Gasteiger charge is 2.32. The first-order valence-electron chi connectivity index (χ1n) is 8.09. The van der Waals surface area contributed by atoms with Gasteiger partial charge in [-0.25, -0.2) is 4.98 Å². The number of alkyl halides is 3. The number of carbonyl (C=O) groups is 1. The van der Waals surface area contributed by atoms with E-state index in [1.165, 1.54) is 11.3 Å². The highest BCUT2D eigenvalue weighted by molar-refractivity contribution is 7.13. The third-order valence-electron chi connectivity index (χ3n) is 4.24. The van der Waals surface area contributed by atoms with Crippen LogP contribution in [-0.4, -0.2) is 30.0 Å². The van der Waals surface area contributed by atoms with E-state index in [0.717, 1.165) is 17.1 Å². The highest BCUT2D eigenvalue weighted by atomic mass is 35.5. The Labute approximate surface area is 158 Å². The molecule has 0 spiro atoms. The quantitative estimate of drug-likeness (QED) is 0.819. The molecule has 0 saturated carbocycles. The lowest BCUT2D eigenvalue weighted by atomic mass is 10.0. The largest absolute Gasteiger partial charge is 0.417 e. The fraction of sp³-hybridized carbons (Fsp3) is 0.412. The molecule has 0 unspecified atom stereocenters. The molecule has 2 aromatic rings. The maximum absolute atomic E-state index is 12.7. The summed E-state index contributed by atoms with van der Waals surface area (Å²) >= 11 is 7.44. The fourth-order valence-corrected chi connectivity index (χ4v) is 3.92. The van der Waals surface area contributed by atoms with Crippen LogP contribution in [0.3, 0.4) is 0 Å². The topological polar surface area (TPSA) is 45.2 Å². The number of amides is 1. The van der Waals surface area contributed by atoms with Crippen LogP contribution < -0.4 is 10.2 Å². The minimum absolute atomic E-state index is 0.0172. The Kier molecular flexibility index (Phi) is 5.43. The van der Waals surface area contributed by atoms with Gasteiger partial charge in [0.15, 0.2) is 0 Å². The number of aryl methyl sites for hydroxylation is 1. The normalized spacial score (nSPS) is 16.0. The number of pyridine rings is 1. The number of halogens is 4. The monoisotopic (exact) mass is 403 g/mol. The Morgan fingerprint density at radius 1 is 1.35 bits per heavy atom. The fourth-order valence-electron chi connectivity index (χ4n) is 2.87. The minimum atomic E-state index is -4.47. The summed E-state index contributed by atoms with van der Waals surface area (Å²) in [5.74, 6) is 0.255. The van der Waals surface area contributed by atoms with E-state index in [1.807, 2.05) is 17.9 Å². The second-order valence-electron chi connectivity index (χ2n) is 6.17. The number of piperidine rings is 1. The minimum Gasteiger partial charge on any atom is -0.355 e. The van der Waals surface area contributed by atoms with Crippen molar-refractivity contribution < 1.29 is 18.0 Å². The molecule has 0 aromatic carbocycles. The molecular formula is C17H17ClF3N3OS. The predicted octanol–water partition coefficient (Wildman–Crippen LogP) is 4.52. The van der Waals surface area contributed by atoms with Crippen LogP contribution >= 0.6 is 22.9 Å². The molecule has 0 atom stereocenters. The maximum Gasteiger partial charge on any atom is 0.417 e. The summed E-state index contributed by atoms with van der Waals surface area (Å²) in [6.07, 6.45) is -2.31. The Morgan fingerprint density at radius 3 is 2.58 bits per heavy atom. The zero-order valence-electron chi connectivity index (χ0n) is 13.9. The SMILES string of the molecule is Cc1ccc(C(=O)NC2CCN(c3ncc(C(F)(F)F)cc3Cl)CC2)s1. The molecule has 2 aromatic heterocycles. The molecule has 1 aliphatic rings. The van der Waals surface area contributed by atoms with Crippen LogP contribution in [0, 0.1) is 6.92 Å². The van der Waals surface area contributed by atoms with Gasteiger partial charge >= 0.3 is 6.18 Å². The van der Waals surface area contributed by atoms with E-state index in [2.05, 4.69) is 10.3 Å². The summed E-state index contributed by atoms with van der Waals surface area (Å²) in [4.78, 5) is 19.7. The smallest absolute Gasteiger partial charge is 0.355 e. The molecule has 3 rings (SSSR count). The summed E-state index contributed by atoms with van der Waals surface area (Å²) < 4.78 is 38.1. The molecule has 1 N–H and O–H groups in total. The van der Waals surface area contributed by atoms with Crippen LogP contribution in [0.25, 0.3) is 0 Å². The van der Waals surface area contributed by atoms with Gasteiger partial charge in [-0.1, -0.05) is 11.6 Å². The van der Waals surface area contributed by atoms with Crippen LogP contribution in [0.2, 0.25) is 5.02 Å². The van der Waals surface area contributed by atoms with Crippen LogP contribution in [0.1, 0.15) is 33.0 Å². The Balaban J connectivity index is 1.59. The van der Waals surface area contributed by atoms with Gasteiger partial charge in [0.25, 0.3) is 5.91 Å². The lowest BCUT2D eigenvalue weighted by Gasteiger charge is -2.33. The molecule has 1 aliphatic heterocycles. The molecular weight excluding hydrogens is 387 g/mol. The zero-order valence-corrected chi connectivity index (χ0v) is 15.5. The van der Waals surface area contributed by atoms with E-state index >= 15 is 0 Å². The summed E-state index contributed by atoms with van der Waals surface area (Å²) in [6.45, 7) is 3.07. The van der Waals surface area contributed by atoms with Gasteiger partial charge in [-0.2, -0.15) is 13.2 Å². The summed E-state index contributed by atoms with van der Waals surface area (Å²) in [7, 11) is 0. The zero-order chi connectivity index (χ0) is 18.9. The van der Waals surface area contributed by atoms with Gasteiger partial charge in [-0.3, -0.25) is 4.79 Å². The second-order valence-corrected chi connectivity index (χ2v) is 7.87. The number of hydrogen-bond acceptors (Lipinski definition) is 4. The average molecular weight is 404 g/mol. The van der Waals surface area contributed by atoms with Crippen molar-refractivity contribution in [2.24, 2.45) is 0 Å². The number of thiophene rings is 1. The summed E-state index contributed by atoms with van der Waals surface area (Å²) in [5, 5.41) is 2.99. The Morgan fingerprint density at radius 2 is 2.04 bits per heavy atom. The maximum atomic E-state index is 12.7. The number of nitrogens with zero attached hydrogens (tertiary/aromatic N) is 2. The molecule has 1 saturated heterocycles. The van der Waals surface area contributed by atoms with E-state index in [4.69, 9.17) is 11.6 Å². The molecule has 0 bridgehead atoms. The Bertz CT molecular complexity index is 801. The highest BCUT2D eigenvalue weighted by Crippen LogP contribution is 2.34. The predicted molar refractivity (Wildman–Crippen MR) is 96.0 cm³/mol. The van der Waals surface area contributed by atoms with Crippen molar-refractivity contribution in [3.8, 4) is 0 Å². The van der Waals surface area contributed by atoms with Crippen LogP contribution in [0.4, 0.5) is 19.0 Å². The first-order valence-corrected chi connectivity index (χ1v) is 9.28. The first kappa shape index (κ1) is 19.0. The van der Waals surface area contributed by atoms with Gasteiger partial charge in [0.1, 0.15) is 5.82 Å². The van der Waals surface area contributed by atoms with E-state index < -0.39 is 11.7 Å². The third-order valence-corrected chi connectivity index (χ3v) is 5.52. The molecule has 4 nitrogen and oxygen atoms in total. The number of hydrogen-bond donors (Lipinski definition) is 1. The lowest BCUT2D eigenvalue weighted by Crippen LogP contribution is -2.44. The summed E-state index contributed by atoms with van der Waals surface area (Å²) in [5.41, 5.74) is -0.861. The van der Waals surface area contributed by atoms with Gasteiger partial charge < -0.3 is 10.2 Å². The number of carbonyl (C=O) groups excluding carboxylic acids is 1. The number of anilines is 1.